The van der Waals surface area contributed by atoms with Crippen molar-refractivity contribution >= 4 is 16.9 Å². The highest BCUT2D eigenvalue weighted by molar-refractivity contribution is 5.97. The third kappa shape index (κ3) is 4.76. The van der Waals surface area contributed by atoms with Crippen LogP contribution in [0.2, 0.25) is 0 Å². The average molecular weight is 416 g/mol. The van der Waals surface area contributed by atoms with Gasteiger partial charge >= 0.3 is 0 Å². The Balaban J connectivity index is 1.78. The molecule has 0 aliphatic carbocycles. The fourth-order valence-corrected chi connectivity index (χ4v) is 3.54. The molecular weight excluding hydrogens is 390 g/mol. The van der Waals surface area contributed by atoms with Crippen molar-refractivity contribution in [2.24, 2.45) is 0 Å². The smallest absolute Gasteiger partial charge is 0.295 e. The Kier molecular flexibility index (Phi) is 6.99. The number of fused-ring (bicyclic) bond motifs is 1. The number of hydrogen-bond acceptors (Lipinski definition) is 4. The first-order chi connectivity index (χ1) is 14.5. The summed E-state index contributed by atoms with van der Waals surface area (Å²) in [5, 5.41) is 2.97. The number of alkyl halides is 2. The molecule has 1 heterocycles. The Labute approximate surface area is 174 Å². The normalized spacial score (nSPS) is 12.5. The molecule has 8 heteroatoms. The van der Waals surface area contributed by atoms with Crippen molar-refractivity contribution < 1.29 is 18.3 Å². The van der Waals surface area contributed by atoms with Crippen LogP contribution in [0.5, 0.6) is 5.75 Å². The summed E-state index contributed by atoms with van der Waals surface area (Å²) in [5.41, 5.74) is 2.24. The van der Waals surface area contributed by atoms with Crippen LogP contribution in [0, 0.1) is 0 Å². The van der Waals surface area contributed by atoms with Crippen LogP contribution in [0.15, 0.2) is 42.5 Å². The van der Waals surface area contributed by atoms with Crippen molar-refractivity contribution in [2.45, 2.75) is 26.3 Å². The van der Waals surface area contributed by atoms with Gasteiger partial charge in [-0.15, -0.1) is 0 Å². The van der Waals surface area contributed by atoms with Crippen LogP contribution in [0.4, 0.5) is 8.78 Å². The van der Waals surface area contributed by atoms with Gasteiger partial charge in [0.05, 0.1) is 24.2 Å². The molecule has 1 unspecified atom stereocenters. The van der Waals surface area contributed by atoms with E-state index in [-0.39, 0.29) is 11.9 Å². The Hall–Kier alpha value is -3.00. The number of nitrogens with zero attached hydrogens (tertiary/aromatic N) is 2. The van der Waals surface area contributed by atoms with Crippen molar-refractivity contribution in [3.05, 3.63) is 59.4 Å². The quantitative estimate of drug-likeness (QED) is 0.545. The lowest BCUT2D eigenvalue weighted by Gasteiger charge is -2.30. The van der Waals surface area contributed by atoms with Crippen molar-refractivity contribution in [3.8, 4) is 5.75 Å². The number of rotatable bonds is 9. The van der Waals surface area contributed by atoms with Gasteiger partial charge in [-0.1, -0.05) is 26.0 Å². The van der Waals surface area contributed by atoms with Crippen LogP contribution < -0.4 is 10.1 Å². The van der Waals surface area contributed by atoms with Gasteiger partial charge in [-0.2, -0.15) is 0 Å². The number of aromatic amines is 1. The lowest BCUT2D eigenvalue weighted by atomic mass is 10.0. The first kappa shape index (κ1) is 21.7. The fourth-order valence-electron chi connectivity index (χ4n) is 3.54. The van der Waals surface area contributed by atoms with E-state index in [4.69, 9.17) is 4.74 Å². The SMILES string of the molecule is CCN(CC)C(CNC(=O)c1ccc2nc(C(F)F)[nH]c2c1)c1cccc(OC)c1. The summed E-state index contributed by atoms with van der Waals surface area (Å²) in [4.78, 5) is 21.4. The third-order valence-electron chi connectivity index (χ3n) is 5.16. The molecule has 0 aliphatic rings. The second-order valence-electron chi connectivity index (χ2n) is 6.88. The van der Waals surface area contributed by atoms with Gasteiger partial charge in [0.1, 0.15) is 5.75 Å². The molecule has 0 bridgehead atoms. The number of hydrogen-bond donors (Lipinski definition) is 2. The lowest BCUT2D eigenvalue weighted by molar-refractivity contribution is 0.0935. The Morgan fingerprint density at radius 1 is 1.20 bits per heavy atom. The summed E-state index contributed by atoms with van der Waals surface area (Å²) < 4.78 is 31.0. The predicted octanol–water partition coefficient (Wildman–Crippen LogP) is 4.32. The maximum atomic E-state index is 12.8. The van der Waals surface area contributed by atoms with Gasteiger partial charge in [0, 0.05) is 12.1 Å². The Morgan fingerprint density at radius 3 is 2.63 bits per heavy atom. The topological polar surface area (TPSA) is 70.2 Å². The predicted molar refractivity (Wildman–Crippen MR) is 112 cm³/mol. The maximum absolute atomic E-state index is 12.8. The van der Waals surface area contributed by atoms with Crippen LogP contribution in [0.3, 0.4) is 0 Å². The Bertz CT molecular complexity index is 1000. The molecule has 0 radical (unpaired) electrons. The minimum atomic E-state index is -2.69. The van der Waals surface area contributed by atoms with Gasteiger partial charge in [0.2, 0.25) is 0 Å². The summed E-state index contributed by atoms with van der Waals surface area (Å²) in [5.74, 6) is 0.0860. The van der Waals surface area contributed by atoms with Gasteiger partial charge in [0.25, 0.3) is 12.3 Å². The fraction of sp³-hybridized carbons (Fsp3) is 0.364. The summed E-state index contributed by atoms with van der Waals surface area (Å²) in [7, 11) is 1.62. The highest BCUT2D eigenvalue weighted by Gasteiger charge is 2.20. The van der Waals surface area contributed by atoms with E-state index in [1.165, 1.54) is 0 Å². The molecule has 0 saturated heterocycles. The highest BCUT2D eigenvalue weighted by atomic mass is 19.3. The van der Waals surface area contributed by atoms with Crippen molar-refractivity contribution in [3.63, 3.8) is 0 Å². The van der Waals surface area contributed by atoms with E-state index in [1.54, 1.807) is 25.3 Å². The number of imidazole rings is 1. The number of benzene rings is 2. The number of H-pyrrole nitrogens is 1. The average Bonchev–Trinajstić information content (AvgIpc) is 3.20. The maximum Gasteiger partial charge on any atom is 0.295 e. The molecule has 3 aromatic rings. The number of carbonyl (C=O) groups is 1. The van der Waals surface area contributed by atoms with Gasteiger partial charge in [-0.05, 0) is 49.0 Å². The van der Waals surface area contributed by atoms with E-state index < -0.39 is 12.2 Å². The van der Waals surface area contributed by atoms with Crippen LogP contribution >= 0.6 is 0 Å². The number of ether oxygens (including phenoxy) is 1. The van der Waals surface area contributed by atoms with Gasteiger partial charge in [0.15, 0.2) is 5.82 Å². The molecule has 30 heavy (non-hydrogen) atoms. The van der Waals surface area contributed by atoms with Gasteiger partial charge in [-0.3, -0.25) is 9.69 Å². The van der Waals surface area contributed by atoms with Crippen LogP contribution in [0.25, 0.3) is 11.0 Å². The van der Waals surface area contributed by atoms with E-state index in [2.05, 4.69) is 34.0 Å². The van der Waals surface area contributed by atoms with Gasteiger partial charge < -0.3 is 15.0 Å². The van der Waals surface area contributed by atoms with Crippen molar-refractivity contribution in [2.75, 3.05) is 26.7 Å². The molecule has 1 aromatic heterocycles. The number of halogens is 2. The van der Waals surface area contributed by atoms with E-state index >= 15 is 0 Å². The number of likely N-dealkylation sites (N-methyl/N-ethyl adjacent to an activating group) is 1. The van der Waals surface area contributed by atoms with Crippen LogP contribution in [-0.4, -0.2) is 47.5 Å². The minimum Gasteiger partial charge on any atom is -0.497 e. The summed E-state index contributed by atoms with van der Waals surface area (Å²) in [6.45, 7) is 6.20. The summed E-state index contributed by atoms with van der Waals surface area (Å²) >= 11 is 0. The minimum absolute atomic E-state index is 0.0274. The monoisotopic (exact) mass is 416 g/mol. The zero-order valence-electron chi connectivity index (χ0n) is 17.3. The van der Waals surface area contributed by atoms with Crippen molar-refractivity contribution in [1.29, 1.82) is 0 Å². The first-order valence-corrected chi connectivity index (χ1v) is 9.90. The zero-order valence-corrected chi connectivity index (χ0v) is 17.3. The molecule has 1 atom stereocenters. The second-order valence-corrected chi connectivity index (χ2v) is 6.88. The first-order valence-electron chi connectivity index (χ1n) is 9.90. The molecule has 1 amide bonds. The number of aromatic nitrogens is 2. The zero-order chi connectivity index (χ0) is 21.7. The van der Waals surface area contributed by atoms with Gasteiger partial charge in [-0.25, -0.2) is 13.8 Å². The van der Waals surface area contributed by atoms with E-state index in [0.717, 1.165) is 24.4 Å². The highest BCUT2D eigenvalue weighted by Crippen LogP contribution is 2.24. The molecule has 0 aliphatic heterocycles. The van der Waals surface area contributed by atoms with E-state index in [1.807, 2.05) is 24.3 Å². The van der Waals surface area contributed by atoms with Crippen LogP contribution in [-0.2, 0) is 0 Å². The third-order valence-corrected chi connectivity index (χ3v) is 5.16. The standard InChI is InChI=1S/C22H26F2N4O2/c1-4-28(5-2)19(14-7-6-8-16(11-14)30-3)13-25-22(29)15-9-10-17-18(12-15)27-21(26-17)20(23)24/h6-12,19-20H,4-5,13H2,1-3H3,(H,25,29)(H,26,27). The largest absolute Gasteiger partial charge is 0.497 e. The molecule has 0 fully saturated rings. The molecule has 2 N–H and O–H groups in total. The molecule has 0 saturated carbocycles. The number of methoxy groups -OCH3 is 1. The molecular formula is C22H26F2N4O2. The number of nitrogens with one attached hydrogen (secondary N) is 2. The molecule has 2 aromatic carbocycles. The lowest BCUT2D eigenvalue weighted by Crippen LogP contribution is -2.38. The molecule has 3 rings (SSSR count). The second kappa shape index (κ2) is 9.67. The van der Waals surface area contributed by atoms with Crippen LogP contribution in [0.1, 0.15) is 48.1 Å². The van der Waals surface area contributed by atoms with Crippen molar-refractivity contribution in [1.82, 2.24) is 20.2 Å². The number of carbonyl (C=O) groups excluding carboxylic acids is 1. The molecule has 6 nitrogen and oxygen atoms in total. The summed E-state index contributed by atoms with van der Waals surface area (Å²) in [6.07, 6.45) is -2.69. The Morgan fingerprint density at radius 2 is 1.97 bits per heavy atom. The summed E-state index contributed by atoms with van der Waals surface area (Å²) in [6, 6.07) is 12.5. The molecule has 0 spiro atoms. The van der Waals surface area contributed by atoms with E-state index in [9.17, 15) is 13.6 Å². The molecule has 160 valence electrons. The number of amides is 1. The van der Waals surface area contributed by atoms with E-state index in [0.29, 0.717) is 23.1 Å².